The Kier molecular flexibility index (Phi) is 10.6. The Bertz CT molecular complexity index is 1780. The van der Waals surface area contributed by atoms with Crippen molar-refractivity contribution >= 4 is 47.0 Å². The molecule has 2 amide bonds. The Hall–Kier alpha value is -5.50. The summed E-state index contributed by atoms with van der Waals surface area (Å²) < 4.78 is 12.5. The number of halogens is 1. The molecule has 0 saturated heterocycles. The van der Waals surface area contributed by atoms with E-state index in [0.29, 0.717) is 70.2 Å². The lowest BCUT2D eigenvalue weighted by molar-refractivity contribution is -0.910. The average molecular weight is 662 g/mol. The number of fused-ring (bicyclic) bond motifs is 4. The van der Waals surface area contributed by atoms with E-state index >= 15 is 0 Å². The number of nitrogens with one attached hydrogen (secondary N) is 3. The van der Waals surface area contributed by atoms with E-state index in [9.17, 15) is 19.6 Å². The molecular formula is C32H34ClN8O6+. The molecule has 5 rings (SSSR count). The molecule has 2 aromatic heterocycles. The van der Waals surface area contributed by atoms with Crippen molar-refractivity contribution in [2.45, 2.75) is 44.7 Å². The minimum atomic E-state index is -0.671. The number of nitrogens with zero attached hydrogens (tertiary/aromatic N) is 5. The summed E-state index contributed by atoms with van der Waals surface area (Å²) in [6.07, 6.45) is 7.42. The van der Waals surface area contributed by atoms with Crippen LogP contribution in [0.15, 0.2) is 67.1 Å². The number of methoxy groups -OCH3 is 1. The zero-order chi connectivity index (χ0) is 33.3. The molecule has 47 heavy (non-hydrogen) atoms. The van der Waals surface area contributed by atoms with Crippen LogP contribution >= 0.6 is 11.6 Å². The van der Waals surface area contributed by atoms with Crippen LogP contribution in [0.25, 0.3) is 22.9 Å². The average Bonchev–Trinajstić information content (AvgIpc) is 3.59. The molecule has 14 nitrogen and oxygen atoms in total. The van der Waals surface area contributed by atoms with Gasteiger partial charge in [-0.25, -0.2) is 9.59 Å². The molecule has 0 saturated carbocycles. The van der Waals surface area contributed by atoms with Gasteiger partial charge in [0, 0.05) is 50.5 Å². The third-order valence-corrected chi connectivity index (χ3v) is 7.77. The van der Waals surface area contributed by atoms with E-state index in [1.54, 1.807) is 61.5 Å². The summed E-state index contributed by atoms with van der Waals surface area (Å²) in [5.41, 5.74) is 4.09. The van der Waals surface area contributed by atoms with Crippen molar-refractivity contribution in [2.75, 3.05) is 24.4 Å². The van der Waals surface area contributed by atoms with Gasteiger partial charge in [-0.2, -0.15) is 4.68 Å². The zero-order valence-electron chi connectivity index (χ0n) is 25.7. The van der Waals surface area contributed by atoms with E-state index in [1.807, 2.05) is 0 Å². The first-order valence-corrected chi connectivity index (χ1v) is 15.3. The number of anilines is 2. The van der Waals surface area contributed by atoms with Crippen LogP contribution in [0.2, 0.25) is 5.02 Å². The number of carbonyl (C=O) groups is 3. The Balaban J connectivity index is 1.48. The second-order valence-corrected chi connectivity index (χ2v) is 11.1. The standard InChI is InChI=1S/C32H33ClN8O6/c1-3-47-31(43)26-7-5-4-6-25(37-30(42)13-8-21-16-22(33)9-12-28(21)40-19-34-38-39-40)29-17-20(14-15-41(29)45)24-11-10-23(18-27(24)36-26)35-32(44)46-2/h8-19,25-26,45H,3-7H2,1-2H3,(H2,35,36,37,42,44)/p+1/b13-8+,24-20?/t25-,26+/m0/s1. The highest BCUT2D eigenvalue weighted by molar-refractivity contribution is 6.30. The van der Waals surface area contributed by atoms with Gasteiger partial charge in [-0.1, -0.05) is 30.5 Å². The van der Waals surface area contributed by atoms with Crippen LogP contribution < -0.4 is 20.7 Å². The Morgan fingerprint density at radius 2 is 1.98 bits per heavy atom. The number of aromatic nitrogens is 5. The molecule has 4 N–H and O–H groups in total. The van der Waals surface area contributed by atoms with Gasteiger partial charge < -0.3 is 20.1 Å². The van der Waals surface area contributed by atoms with Crippen LogP contribution in [-0.4, -0.2) is 63.1 Å². The molecule has 1 aliphatic heterocycles. The van der Waals surface area contributed by atoms with Crippen molar-refractivity contribution in [3.8, 4) is 16.8 Å². The number of benzene rings is 2. The van der Waals surface area contributed by atoms with Crippen LogP contribution in [0, 0.1) is 0 Å². The molecular weight excluding hydrogens is 628 g/mol. The number of esters is 1. The van der Waals surface area contributed by atoms with E-state index in [0.717, 1.165) is 4.73 Å². The number of rotatable bonds is 7. The molecule has 2 atom stereocenters. The van der Waals surface area contributed by atoms with Gasteiger partial charge in [-0.3, -0.25) is 15.3 Å². The third-order valence-electron chi connectivity index (χ3n) is 7.54. The van der Waals surface area contributed by atoms with Gasteiger partial charge >= 0.3 is 12.1 Å². The maximum atomic E-state index is 13.3. The number of pyridine rings is 1. The van der Waals surface area contributed by atoms with Crippen molar-refractivity contribution in [2.24, 2.45) is 0 Å². The summed E-state index contributed by atoms with van der Waals surface area (Å²) in [4.78, 5) is 38.2. The normalized spacial score (nSPS) is 16.1. The molecule has 15 heteroatoms. The van der Waals surface area contributed by atoms with Crippen molar-refractivity contribution in [3.63, 3.8) is 0 Å². The van der Waals surface area contributed by atoms with E-state index < -0.39 is 30.1 Å². The summed E-state index contributed by atoms with van der Waals surface area (Å²) in [5.74, 6) is -0.805. The quantitative estimate of drug-likeness (QED) is 0.0957. The van der Waals surface area contributed by atoms with Crippen molar-refractivity contribution in [1.29, 1.82) is 0 Å². The second-order valence-electron chi connectivity index (χ2n) is 10.6. The molecule has 1 aliphatic rings. The fraction of sp³-hybridized carbons (Fsp3) is 0.281. The molecule has 2 aromatic carbocycles. The predicted molar refractivity (Wildman–Crippen MR) is 172 cm³/mol. The minimum absolute atomic E-state index is 0.223. The molecule has 0 radical (unpaired) electrons. The van der Waals surface area contributed by atoms with Crippen LogP contribution in [0.3, 0.4) is 0 Å². The maximum absolute atomic E-state index is 13.3. The molecule has 0 aliphatic carbocycles. The fourth-order valence-electron chi connectivity index (χ4n) is 5.30. The van der Waals surface area contributed by atoms with Crippen LogP contribution in [0.5, 0.6) is 0 Å². The van der Waals surface area contributed by atoms with E-state index in [1.165, 1.54) is 30.4 Å². The smallest absolute Gasteiger partial charge is 0.411 e. The largest absolute Gasteiger partial charge is 0.464 e. The molecule has 244 valence electrons. The first kappa shape index (κ1) is 32.9. The highest BCUT2D eigenvalue weighted by Crippen LogP contribution is 2.34. The summed E-state index contributed by atoms with van der Waals surface area (Å²) in [7, 11) is 1.27. The lowest BCUT2D eigenvalue weighted by Crippen LogP contribution is -2.41. The summed E-state index contributed by atoms with van der Waals surface area (Å²) >= 11 is 6.23. The van der Waals surface area contributed by atoms with Gasteiger partial charge in [-0.15, -0.1) is 5.10 Å². The number of tetrazole rings is 1. The molecule has 0 fully saturated rings. The lowest BCUT2D eigenvalue weighted by atomic mass is 9.96. The van der Waals surface area contributed by atoms with Gasteiger partial charge in [0.2, 0.25) is 12.1 Å². The molecule has 3 heterocycles. The predicted octanol–water partition coefficient (Wildman–Crippen LogP) is 4.47. The van der Waals surface area contributed by atoms with Gasteiger partial charge in [0.1, 0.15) is 18.4 Å². The van der Waals surface area contributed by atoms with Crippen molar-refractivity contribution in [1.82, 2.24) is 25.5 Å². The first-order chi connectivity index (χ1) is 22.7. The maximum Gasteiger partial charge on any atom is 0.411 e. The second kappa shape index (κ2) is 15.2. The zero-order valence-corrected chi connectivity index (χ0v) is 26.5. The topological polar surface area (TPSA) is 173 Å². The number of ether oxygens (including phenoxy) is 2. The molecule has 0 spiro atoms. The highest BCUT2D eigenvalue weighted by atomic mass is 35.5. The SMILES string of the molecule is CCOC(=O)[C@H]1CCCC[C@H](NC(=O)/C=C/c2cc(Cl)ccc2-n2cnnn2)c2cc(cc[n+]2O)-c2ccc(NC(=O)OC)cc2N1. The van der Waals surface area contributed by atoms with Crippen molar-refractivity contribution in [3.05, 3.63) is 83.4 Å². The number of hydrogen-bond acceptors (Lipinski definition) is 10. The lowest BCUT2D eigenvalue weighted by Gasteiger charge is -2.23. The molecule has 4 aromatic rings. The number of carbonyl (C=O) groups excluding carboxylic acids is 3. The Labute approximate surface area is 275 Å². The monoisotopic (exact) mass is 661 g/mol. The van der Waals surface area contributed by atoms with Gasteiger partial charge in [0.15, 0.2) is 0 Å². The third kappa shape index (κ3) is 8.21. The van der Waals surface area contributed by atoms with Crippen molar-refractivity contribution < 1.29 is 33.8 Å². The fourth-order valence-corrected chi connectivity index (χ4v) is 5.48. The number of hydrogen-bond donors (Lipinski definition) is 4. The molecule has 0 unspecified atom stereocenters. The minimum Gasteiger partial charge on any atom is -0.464 e. The van der Waals surface area contributed by atoms with Crippen LogP contribution in [0.1, 0.15) is 49.9 Å². The molecule has 2 bridgehead atoms. The Morgan fingerprint density at radius 1 is 1.15 bits per heavy atom. The number of amides is 2. The highest BCUT2D eigenvalue weighted by Gasteiger charge is 2.28. The summed E-state index contributed by atoms with van der Waals surface area (Å²) in [6.45, 7) is 1.97. The van der Waals surface area contributed by atoms with Gasteiger partial charge in [0.25, 0.3) is 5.69 Å². The Morgan fingerprint density at radius 3 is 2.74 bits per heavy atom. The van der Waals surface area contributed by atoms with E-state index in [-0.39, 0.29) is 6.61 Å². The van der Waals surface area contributed by atoms with E-state index in [2.05, 4.69) is 31.5 Å². The van der Waals surface area contributed by atoms with Crippen LogP contribution in [0.4, 0.5) is 16.2 Å². The van der Waals surface area contributed by atoms with Gasteiger partial charge in [-0.05, 0) is 72.2 Å². The summed E-state index contributed by atoms with van der Waals surface area (Å²) in [6, 6.07) is 12.5. The summed E-state index contributed by atoms with van der Waals surface area (Å²) in [5, 5.41) is 31.6. The van der Waals surface area contributed by atoms with Crippen LogP contribution in [-0.2, 0) is 19.1 Å². The van der Waals surface area contributed by atoms with Gasteiger partial charge in [0.05, 0.1) is 19.4 Å². The first-order valence-electron chi connectivity index (χ1n) is 14.9. The van der Waals surface area contributed by atoms with E-state index in [4.69, 9.17) is 21.1 Å².